The van der Waals surface area contributed by atoms with Crippen molar-refractivity contribution in [1.29, 1.82) is 0 Å². The third-order valence-electron chi connectivity index (χ3n) is 4.15. The summed E-state index contributed by atoms with van der Waals surface area (Å²) in [5, 5.41) is 10.1. The fourth-order valence-corrected chi connectivity index (χ4v) is 2.73. The number of halogens is 1. The number of aliphatic hydroxyl groups is 1. The first-order valence-electron chi connectivity index (χ1n) is 7.48. The largest absolute Gasteiger partial charge is 0.388 e. The van der Waals surface area contributed by atoms with Crippen LogP contribution in [0.4, 0.5) is 4.39 Å². The number of aliphatic hydroxyl groups excluding tert-OH is 1. The molecule has 3 nitrogen and oxygen atoms in total. The molecular formula is C16H25FN2O. The molecule has 0 bridgehead atoms. The molecule has 1 aliphatic rings. The van der Waals surface area contributed by atoms with Gasteiger partial charge in [0.25, 0.3) is 0 Å². The molecule has 1 unspecified atom stereocenters. The lowest BCUT2D eigenvalue weighted by atomic mass is 10.0. The lowest BCUT2D eigenvalue weighted by molar-refractivity contribution is 0.148. The van der Waals surface area contributed by atoms with Crippen molar-refractivity contribution in [1.82, 2.24) is 4.90 Å². The second-order valence-electron chi connectivity index (χ2n) is 5.85. The van der Waals surface area contributed by atoms with E-state index in [-0.39, 0.29) is 5.82 Å². The molecule has 0 aliphatic carbocycles. The maximum atomic E-state index is 13.2. The number of nitrogens with zero attached hydrogens (tertiary/aromatic N) is 1. The van der Waals surface area contributed by atoms with Crippen molar-refractivity contribution in [3.63, 3.8) is 0 Å². The molecule has 1 saturated heterocycles. The molecule has 0 amide bonds. The van der Waals surface area contributed by atoms with Gasteiger partial charge < -0.3 is 15.7 Å². The minimum absolute atomic E-state index is 0.217. The Hall–Kier alpha value is -0.970. The van der Waals surface area contributed by atoms with Crippen molar-refractivity contribution < 1.29 is 9.50 Å². The number of piperidine rings is 1. The van der Waals surface area contributed by atoms with E-state index in [1.54, 1.807) is 19.1 Å². The third kappa shape index (κ3) is 4.27. The molecule has 4 heteroatoms. The summed E-state index contributed by atoms with van der Waals surface area (Å²) in [5.74, 6) is -0.217. The lowest BCUT2D eigenvalue weighted by Gasteiger charge is -2.30. The maximum Gasteiger partial charge on any atom is 0.126 e. The SMILES string of the molecule is Cc1cc(C(O)CCCN2CCC(N)CC2)ccc1F. The normalized spacial score (nSPS) is 19.2. The first-order chi connectivity index (χ1) is 9.56. The number of hydrogen-bond acceptors (Lipinski definition) is 3. The smallest absolute Gasteiger partial charge is 0.126 e. The summed E-state index contributed by atoms with van der Waals surface area (Å²) < 4.78 is 13.2. The van der Waals surface area contributed by atoms with Crippen molar-refractivity contribution in [3.8, 4) is 0 Å². The second kappa shape index (κ2) is 7.16. The standard InChI is InChI=1S/C16H25FN2O/c1-12-11-13(4-5-15(12)17)16(20)3-2-8-19-9-6-14(18)7-10-19/h4-5,11,14,16,20H,2-3,6-10,18H2,1H3. The average molecular weight is 280 g/mol. The Bertz CT molecular complexity index is 430. The van der Waals surface area contributed by atoms with Crippen LogP contribution in [-0.2, 0) is 0 Å². The summed E-state index contributed by atoms with van der Waals surface area (Å²) in [4.78, 5) is 2.41. The Morgan fingerprint density at radius 1 is 1.40 bits per heavy atom. The highest BCUT2D eigenvalue weighted by Gasteiger charge is 2.16. The van der Waals surface area contributed by atoms with Crippen molar-refractivity contribution in [2.24, 2.45) is 5.73 Å². The van der Waals surface area contributed by atoms with E-state index in [1.807, 2.05) is 0 Å². The first-order valence-corrected chi connectivity index (χ1v) is 7.48. The van der Waals surface area contributed by atoms with Crippen LogP contribution in [0.5, 0.6) is 0 Å². The molecule has 3 N–H and O–H groups in total. The number of nitrogens with two attached hydrogens (primary N) is 1. The summed E-state index contributed by atoms with van der Waals surface area (Å²) in [6.45, 7) is 4.85. The Balaban J connectivity index is 1.74. The quantitative estimate of drug-likeness (QED) is 0.870. The highest BCUT2D eigenvalue weighted by Crippen LogP contribution is 2.21. The van der Waals surface area contributed by atoms with Gasteiger partial charge in [0.15, 0.2) is 0 Å². The fraction of sp³-hybridized carbons (Fsp3) is 0.625. The molecule has 2 rings (SSSR count). The number of likely N-dealkylation sites (tertiary alicyclic amines) is 1. The van der Waals surface area contributed by atoms with Gasteiger partial charge in [0.05, 0.1) is 6.10 Å². The van der Waals surface area contributed by atoms with Crippen molar-refractivity contribution in [2.75, 3.05) is 19.6 Å². The summed E-state index contributed by atoms with van der Waals surface area (Å²) in [5.41, 5.74) is 7.28. The molecule has 0 radical (unpaired) electrons. The van der Waals surface area contributed by atoms with Crippen LogP contribution in [0.25, 0.3) is 0 Å². The van der Waals surface area contributed by atoms with Crippen LogP contribution in [0.15, 0.2) is 18.2 Å². The fourth-order valence-electron chi connectivity index (χ4n) is 2.73. The number of benzene rings is 1. The van der Waals surface area contributed by atoms with Gasteiger partial charge in [-0.25, -0.2) is 4.39 Å². The lowest BCUT2D eigenvalue weighted by Crippen LogP contribution is -2.40. The van der Waals surface area contributed by atoms with E-state index < -0.39 is 6.10 Å². The highest BCUT2D eigenvalue weighted by atomic mass is 19.1. The zero-order valence-corrected chi connectivity index (χ0v) is 12.2. The third-order valence-corrected chi connectivity index (χ3v) is 4.15. The van der Waals surface area contributed by atoms with Gasteiger partial charge in [-0.3, -0.25) is 0 Å². The molecule has 1 aromatic carbocycles. The predicted octanol–water partition coefficient (Wildman–Crippen LogP) is 2.37. The van der Waals surface area contributed by atoms with Crippen molar-refractivity contribution in [2.45, 2.75) is 44.8 Å². The van der Waals surface area contributed by atoms with Crippen LogP contribution < -0.4 is 5.73 Å². The van der Waals surface area contributed by atoms with Crippen LogP contribution in [0.3, 0.4) is 0 Å². The molecule has 1 aromatic rings. The van der Waals surface area contributed by atoms with Gasteiger partial charge in [0, 0.05) is 6.04 Å². The topological polar surface area (TPSA) is 49.5 Å². The molecule has 1 fully saturated rings. The van der Waals surface area contributed by atoms with Crippen LogP contribution in [0.2, 0.25) is 0 Å². The minimum atomic E-state index is -0.499. The van der Waals surface area contributed by atoms with Gasteiger partial charge >= 0.3 is 0 Å². The number of aryl methyl sites for hydroxylation is 1. The summed E-state index contributed by atoms with van der Waals surface area (Å²) in [6, 6.07) is 5.20. The monoisotopic (exact) mass is 280 g/mol. The van der Waals surface area contributed by atoms with E-state index in [9.17, 15) is 9.50 Å². The van der Waals surface area contributed by atoms with Gasteiger partial charge in [0.1, 0.15) is 5.82 Å². The molecular weight excluding hydrogens is 255 g/mol. The number of hydrogen-bond donors (Lipinski definition) is 2. The van der Waals surface area contributed by atoms with Gasteiger partial charge in [-0.1, -0.05) is 12.1 Å². The predicted molar refractivity (Wildman–Crippen MR) is 79.0 cm³/mol. The summed E-state index contributed by atoms with van der Waals surface area (Å²) in [7, 11) is 0. The zero-order chi connectivity index (χ0) is 14.5. The van der Waals surface area contributed by atoms with E-state index in [2.05, 4.69) is 4.90 Å². The zero-order valence-electron chi connectivity index (χ0n) is 12.2. The van der Waals surface area contributed by atoms with E-state index in [4.69, 9.17) is 5.73 Å². The molecule has 0 saturated carbocycles. The molecule has 0 aromatic heterocycles. The van der Waals surface area contributed by atoms with Gasteiger partial charge in [0.2, 0.25) is 0 Å². The molecule has 20 heavy (non-hydrogen) atoms. The van der Waals surface area contributed by atoms with E-state index in [0.717, 1.165) is 44.5 Å². The van der Waals surface area contributed by atoms with Crippen LogP contribution >= 0.6 is 0 Å². The average Bonchev–Trinajstić information content (AvgIpc) is 2.44. The Morgan fingerprint density at radius 3 is 2.75 bits per heavy atom. The van der Waals surface area contributed by atoms with Gasteiger partial charge in [-0.15, -0.1) is 0 Å². The van der Waals surface area contributed by atoms with Crippen LogP contribution in [0.1, 0.15) is 42.9 Å². The molecule has 1 heterocycles. The van der Waals surface area contributed by atoms with E-state index in [0.29, 0.717) is 18.0 Å². The van der Waals surface area contributed by atoms with E-state index in [1.165, 1.54) is 6.07 Å². The van der Waals surface area contributed by atoms with Crippen LogP contribution in [0, 0.1) is 12.7 Å². The second-order valence-corrected chi connectivity index (χ2v) is 5.85. The van der Waals surface area contributed by atoms with Gasteiger partial charge in [-0.2, -0.15) is 0 Å². The van der Waals surface area contributed by atoms with Crippen molar-refractivity contribution >= 4 is 0 Å². The molecule has 112 valence electrons. The minimum Gasteiger partial charge on any atom is -0.388 e. The number of rotatable bonds is 5. The van der Waals surface area contributed by atoms with Gasteiger partial charge in [-0.05, 0) is 69.4 Å². The highest BCUT2D eigenvalue weighted by molar-refractivity contribution is 5.25. The van der Waals surface area contributed by atoms with Crippen LogP contribution in [-0.4, -0.2) is 35.7 Å². The molecule has 1 atom stereocenters. The summed E-state index contributed by atoms with van der Waals surface area (Å²) in [6.07, 6.45) is 3.31. The Kier molecular flexibility index (Phi) is 5.52. The maximum absolute atomic E-state index is 13.2. The Morgan fingerprint density at radius 2 is 2.10 bits per heavy atom. The Labute approximate surface area is 120 Å². The van der Waals surface area contributed by atoms with E-state index >= 15 is 0 Å². The summed E-state index contributed by atoms with van der Waals surface area (Å²) >= 11 is 0. The molecule has 1 aliphatic heterocycles. The first kappa shape index (κ1) is 15.4. The molecule has 0 spiro atoms. The van der Waals surface area contributed by atoms with Crippen molar-refractivity contribution in [3.05, 3.63) is 35.1 Å².